The van der Waals surface area contributed by atoms with Crippen LogP contribution < -0.4 is 19.9 Å². The third kappa shape index (κ3) is 8.12. The molecule has 1 radical (unpaired) electrons. The normalized spacial score (nSPS) is 21.5. The zero-order valence-corrected chi connectivity index (χ0v) is 31.1. The molecule has 14 nitrogen and oxygen atoms in total. The van der Waals surface area contributed by atoms with Crippen LogP contribution in [0.1, 0.15) is 41.0 Å². The maximum atomic E-state index is 15.0. The van der Waals surface area contributed by atoms with Crippen molar-refractivity contribution in [3.8, 4) is 0 Å². The van der Waals surface area contributed by atoms with Crippen molar-refractivity contribution in [2.24, 2.45) is 5.84 Å². The molecular weight excluding hydrogens is 679 g/mol. The Bertz CT molecular complexity index is 1880. The van der Waals surface area contributed by atoms with Gasteiger partial charge in [0.05, 0.1) is 41.8 Å². The minimum atomic E-state index is -4.32. The number of piperazine rings is 2. The van der Waals surface area contributed by atoms with E-state index in [1.165, 1.54) is 29.5 Å². The van der Waals surface area contributed by atoms with Crippen LogP contribution in [0.15, 0.2) is 66.9 Å². The molecule has 3 N–H and O–H groups in total. The molecule has 2 saturated heterocycles. The van der Waals surface area contributed by atoms with Crippen LogP contribution in [-0.4, -0.2) is 111 Å². The van der Waals surface area contributed by atoms with Crippen LogP contribution in [0.25, 0.3) is 0 Å². The Morgan fingerprint density at radius 2 is 1.52 bits per heavy atom. The molecule has 2 aliphatic rings. The number of aryl methyl sites for hydroxylation is 2. The lowest BCUT2D eigenvalue weighted by atomic mass is 10.1. The fraction of sp³-hybridized carbons (Fsp3) is 0.441. The summed E-state index contributed by atoms with van der Waals surface area (Å²) in [4.78, 5) is 20.6. The van der Waals surface area contributed by atoms with Crippen molar-refractivity contribution in [1.29, 1.82) is 0 Å². The van der Waals surface area contributed by atoms with Crippen LogP contribution in [0.2, 0.25) is 0 Å². The van der Waals surface area contributed by atoms with Crippen LogP contribution in [0.5, 0.6) is 0 Å². The second kappa shape index (κ2) is 15.3. The first-order valence-electron chi connectivity index (χ1n) is 16.6. The third-order valence-corrected chi connectivity index (χ3v) is 13.2. The predicted octanol–water partition coefficient (Wildman–Crippen LogP) is 2.11. The van der Waals surface area contributed by atoms with Crippen LogP contribution >= 0.6 is 0 Å². The van der Waals surface area contributed by atoms with Crippen molar-refractivity contribution in [3.63, 3.8) is 0 Å². The molecule has 0 bridgehead atoms. The van der Waals surface area contributed by atoms with E-state index >= 15 is 8.42 Å². The zero-order chi connectivity index (χ0) is 36.4. The minimum Gasteiger partial charge on any atom is -0.301 e. The Kier molecular flexibility index (Phi) is 11.5. The van der Waals surface area contributed by atoms with E-state index in [0.717, 1.165) is 11.1 Å². The van der Waals surface area contributed by atoms with Gasteiger partial charge in [-0.2, -0.15) is 25.4 Å². The van der Waals surface area contributed by atoms with Gasteiger partial charge in [-0.05, 0) is 89.3 Å². The van der Waals surface area contributed by atoms with Gasteiger partial charge in [0.2, 0.25) is 0 Å². The average molecular weight is 727 g/mol. The summed E-state index contributed by atoms with van der Waals surface area (Å²) >= 11 is 0. The molecule has 1 aromatic heterocycles. The molecule has 0 spiro atoms. The van der Waals surface area contributed by atoms with Gasteiger partial charge in [-0.3, -0.25) is 23.8 Å². The number of hydrogen-bond acceptors (Lipinski definition) is 9. The monoisotopic (exact) mass is 726 g/mol. The maximum Gasteiger partial charge on any atom is 0.304 e. The zero-order valence-electron chi connectivity index (χ0n) is 29.5. The lowest BCUT2D eigenvalue weighted by Crippen LogP contribution is -2.63. The standard InChI is InChI=1S/C34H48N9O5S2/c1-25-9-7-11-31(17-25)42(22-30-14-13-29(19-36-30)34(44)37-35)50(47,48)41-21-28(4)39(6)23-33(41)24-43(32-12-8-10-26(2)18-32)49(45,46)40-16-15-38(5)27(3)20-40/h7-14,17-19,24,27-28,33H,15-16,20-23,35H2,1-6H3,(H,37,44)/t27-,28-,33+/m1/s1. The lowest BCUT2D eigenvalue weighted by Gasteiger charge is -2.46. The fourth-order valence-corrected chi connectivity index (χ4v) is 9.59. The van der Waals surface area contributed by atoms with Crippen molar-refractivity contribution in [2.45, 2.75) is 52.4 Å². The number of nitrogen functional groups attached to an aromatic ring is 1. The molecule has 3 heterocycles. The molecule has 0 saturated carbocycles. The first kappa shape index (κ1) is 37.6. The second-order valence-corrected chi connectivity index (χ2v) is 16.9. The number of aromatic nitrogens is 1. The van der Waals surface area contributed by atoms with Gasteiger partial charge in [-0.25, -0.2) is 5.84 Å². The second-order valence-electron chi connectivity index (χ2n) is 13.3. The Balaban J connectivity index is 1.56. The van der Waals surface area contributed by atoms with Crippen LogP contribution in [-0.2, 0) is 27.0 Å². The first-order chi connectivity index (χ1) is 23.6. The number of nitrogens with two attached hydrogens (primary N) is 1. The summed E-state index contributed by atoms with van der Waals surface area (Å²) in [5.74, 6) is 4.76. The number of rotatable bonds is 11. The van der Waals surface area contributed by atoms with Crippen molar-refractivity contribution >= 4 is 37.7 Å². The van der Waals surface area contributed by atoms with Gasteiger partial charge >= 0.3 is 20.4 Å². The number of benzene rings is 2. The van der Waals surface area contributed by atoms with E-state index in [2.05, 4.69) is 15.3 Å². The molecular formula is C34H48N9O5S2. The van der Waals surface area contributed by atoms with E-state index in [1.54, 1.807) is 49.0 Å². The smallest absolute Gasteiger partial charge is 0.301 e. The molecule has 3 aromatic rings. The summed E-state index contributed by atoms with van der Waals surface area (Å²) in [6, 6.07) is 16.5. The van der Waals surface area contributed by atoms with Crippen LogP contribution in [0.3, 0.4) is 0 Å². The molecule has 2 fully saturated rings. The highest BCUT2D eigenvalue weighted by atomic mass is 32.2. The number of nitrogens with one attached hydrogen (secondary N) is 1. The van der Waals surface area contributed by atoms with Gasteiger partial charge < -0.3 is 9.80 Å². The van der Waals surface area contributed by atoms with Gasteiger partial charge in [0, 0.05) is 51.0 Å². The van der Waals surface area contributed by atoms with E-state index in [1.807, 2.05) is 58.8 Å². The van der Waals surface area contributed by atoms with E-state index in [4.69, 9.17) is 5.84 Å². The molecule has 3 atom stereocenters. The highest BCUT2D eigenvalue weighted by Crippen LogP contribution is 2.32. The predicted molar refractivity (Wildman–Crippen MR) is 195 cm³/mol. The number of anilines is 2. The van der Waals surface area contributed by atoms with Gasteiger partial charge in [0.25, 0.3) is 5.91 Å². The van der Waals surface area contributed by atoms with Crippen molar-refractivity contribution < 1.29 is 21.6 Å². The summed E-state index contributed by atoms with van der Waals surface area (Å²) < 4.78 is 64.5. The van der Waals surface area contributed by atoms with Crippen LogP contribution in [0, 0.1) is 20.4 Å². The number of hydrazine groups is 1. The number of likely N-dealkylation sites (N-methyl/N-ethyl adjacent to an activating group) is 2. The molecule has 2 aromatic carbocycles. The van der Waals surface area contributed by atoms with E-state index in [-0.39, 0.29) is 37.3 Å². The quantitative estimate of drug-likeness (QED) is 0.172. The summed E-state index contributed by atoms with van der Waals surface area (Å²) in [7, 11) is -4.55. The molecule has 50 heavy (non-hydrogen) atoms. The Morgan fingerprint density at radius 1 is 0.880 bits per heavy atom. The highest BCUT2D eigenvalue weighted by Gasteiger charge is 2.44. The van der Waals surface area contributed by atoms with Crippen molar-refractivity contribution in [3.05, 3.63) is 95.8 Å². The third-order valence-electron chi connectivity index (χ3n) is 9.49. The molecule has 0 unspecified atom stereocenters. The molecule has 271 valence electrons. The molecule has 1 amide bonds. The highest BCUT2D eigenvalue weighted by molar-refractivity contribution is 7.91. The molecule has 16 heteroatoms. The van der Waals surface area contributed by atoms with E-state index < -0.39 is 32.4 Å². The van der Waals surface area contributed by atoms with Gasteiger partial charge in [-0.1, -0.05) is 24.3 Å². The van der Waals surface area contributed by atoms with Gasteiger partial charge in [0.15, 0.2) is 0 Å². The Labute approximate surface area is 296 Å². The minimum absolute atomic E-state index is 0.00618. The summed E-state index contributed by atoms with van der Waals surface area (Å²) in [5, 5.41) is 0. The number of amides is 1. The first-order valence-corrected chi connectivity index (χ1v) is 19.3. The number of nitrogens with zero attached hydrogens (tertiary/aromatic N) is 7. The summed E-state index contributed by atoms with van der Waals surface area (Å²) in [6.07, 6.45) is 1.34. The molecule has 5 rings (SSSR count). The van der Waals surface area contributed by atoms with Crippen molar-refractivity contribution in [1.82, 2.24) is 28.8 Å². The maximum absolute atomic E-state index is 15.0. The van der Waals surface area contributed by atoms with E-state index in [9.17, 15) is 13.2 Å². The number of carbonyl (C=O) groups is 1. The molecule has 0 aliphatic carbocycles. The average Bonchev–Trinajstić information content (AvgIpc) is 3.08. The number of carbonyl (C=O) groups excluding carboxylic acids is 1. The van der Waals surface area contributed by atoms with Crippen LogP contribution in [0.4, 0.5) is 11.4 Å². The number of hydrogen-bond donors (Lipinski definition) is 2. The van der Waals surface area contributed by atoms with Crippen molar-refractivity contribution in [2.75, 3.05) is 55.4 Å². The van der Waals surface area contributed by atoms with Gasteiger partial charge in [-0.15, -0.1) is 0 Å². The SMILES string of the molecule is Cc1cccc(N([CH][C@@H]2CN(C)[C@H](C)CN2S(=O)(=O)N(Cc2ccc(C(=O)NN)cn2)c2cccc(C)c2)S(=O)(=O)N2CCN(C)[C@H](C)C2)c1. The Morgan fingerprint density at radius 3 is 2.12 bits per heavy atom. The Hall–Kier alpha value is -3.64. The van der Waals surface area contributed by atoms with Gasteiger partial charge in [0.1, 0.15) is 0 Å². The largest absolute Gasteiger partial charge is 0.304 e. The fourth-order valence-electron chi connectivity index (χ4n) is 6.15. The number of pyridine rings is 1. The topological polar surface area (TPSA) is 156 Å². The summed E-state index contributed by atoms with van der Waals surface area (Å²) in [5.41, 5.74) is 5.29. The summed E-state index contributed by atoms with van der Waals surface area (Å²) in [6.45, 7) is 10.7. The molecule has 2 aliphatic heterocycles. The van der Waals surface area contributed by atoms with E-state index in [0.29, 0.717) is 36.7 Å². The lowest BCUT2D eigenvalue weighted by molar-refractivity contribution is 0.0953.